The second-order valence-electron chi connectivity index (χ2n) is 5.92. The van der Waals surface area contributed by atoms with Crippen molar-refractivity contribution in [1.29, 1.82) is 0 Å². The number of hydrogen-bond donors (Lipinski definition) is 2. The molecule has 2 heterocycles. The number of hydrogen-bond acceptors (Lipinski definition) is 8. The molecule has 0 aliphatic carbocycles. The molecule has 1 amide bonds. The van der Waals surface area contributed by atoms with E-state index < -0.39 is 10.0 Å². The highest BCUT2D eigenvalue weighted by Crippen LogP contribution is 2.20. The second-order valence-corrected chi connectivity index (χ2v) is 8.82. The van der Waals surface area contributed by atoms with Gasteiger partial charge >= 0.3 is 0 Å². The first-order chi connectivity index (χ1) is 13.4. The van der Waals surface area contributed by atoms with Crippen molar-refractivity contribution in [3.63, 3.8) is 0 Å². The topological polar surface area (TPSA) is 134 Å². The van der Waals surface area contributed by atoms with Gasteiger partial charge in [-0.15, -0.1) is 10.2 Å². The van der Waals surface area contributed by atoms with E-state index in [1.165, 1.54) is 35.5 Å². The van der Waals surface area contributed by atoms with E-state index >= 15 is 0 Å². The molecule has 0 bridgehead atoms. The number of ether oxygens (including phenoxy) is 1. The van der Waals surface area contributed by atoms with Gasteiger partial charge in [-0.1, -0.05) is 11.8 Å². The van der Waals surface area contributed by atoms with Crippen molar-refractivity contribution in [1.82, 2.24) is 19.5 Å². The van der Waals surface area contributed by atoms with Crippen LogP contribution in [0.2, 0.25) is 0 Å². The van der Waals surface area contributed by atoms with Crippen LogP contribution in [0.25, 0.3) is 0 Å². The highest BCUT2D eigenvalue weighted by atomic mass is 32.2. The lowest BCUT2D eigenvalue weighted by Crippen LogP contribution is -2.40. The SMILES string of the molecule is Cc1nnc(SCC(=O)Nc2ccc(S(=O)(=O)N3CCOCC3)cc2)[nH]c1=O. The van der Waals surface area contributed by atoms with Crippen molar-refractivity contribution < 1.29 is 17.9 Å². The van der Waals surface area contributed by atoms with Gasteiger partial charge in [0.25, 0.3) is 5.56 Å². The first-order valence-electron chi connectivity index (χ1n) is 8.40. The lowest BCUT2D eigenvalue weighted by Gasteiger charge is -2.26. The summed E-state index contributed by atoms with van der Waals surface area (Å²) in [6.07, 6.45) is 0. The molecule has 2 aromatic rings. The first kappa shape index (κ1) is 20.5. The largest absolute Gasteiger partial charge is 0.379 e. The summed E-state index contributed by atoms with van der Waals surface area (Å²) >= 11 is 1.04. The van der Waals surface area contributed by atoms with Gasteiger partial charge in [-0.25, -0.2) is 8.42 Å². The molecule has 1 aliphatic heterocycles. The average Bonchev–Trinajstić information content (AvgIpc) is 2.70. The smallest absolute Gasteiger partial charge is 0.273 e. The van der Waals surface area contributed by atoms with Gasteiger partial charge in [-0.3, -0.25) is 14.6 Å². The Morgan fingerprint density at radius 2 is 1.93 bits per heavy atom. The fourth-order valence-electron chi connectivity index (χ4n) is 2.42. The minimum absolute atomic E-state index is 0.0154. The molecule has 2 N–H and O–H groups in total. The summed E-state index contributed by atoms with van der Waals surface area (Å²) in [5.74, 6) is -0.307. The quantitative estimate of drug-likeness (QED) is 0.628. The molecule has 12 heteroatoms. The molecule has 1 aliphatic rings. The van der Waals surface area contributed by atoms with Crippen LogP contribution in [0.3, 0.4) is 0 Å². The third kappa shape index (κ3) is 4.95. The van der Waals surface area contributed by atoms with E-state index in [0.29, 0.717) is 32.0 Å². The summed E-state index contributed by atoms with van der Waals surface area (Å²) < 4.78 is 31.7. The van der Waals surface area contributed by atoms with Gasteiger partial charge in [0, 0.05) is 18.8 Å². The van der Waals surface area contributed by atoms with Crippen molar-refractivity contribution in [2.24, 2.45) is 0 Å². The molecule has 1 aromatic carbocycles. The third-order valence-electron chi connectivity index (χ3n) is 3.93. The Morgan fingerprint density at radius 1 is 1.25 bits per heavy atom. The predicted molar refractivity (Wildman–Crippen MR) is 103 cm³/mol. The Hall–Kier alpha value is -2.28. The maximum atomic E-state index is 12.6. The fourth-order valence-corrected chi connectivity index (χ4v) is 4.43. The zero-order chi connectivity index (χ0) is 20.1. The molecular weight excluding hydrogens is 406 g/mol. The third-order valence-corrected chi connectivity index (χ3v) is 6.70. The number of aromatic nitrogens is 3. The maximum Gasteiger partial charge on any atom is 0.273 e. The number of carbonyl (C=O) groups is 1. The predicted octanol–water partition coefficient (Wildman–Crippen LogP) is 0.225. The fraction of sp³-hybridized carbons (Fsp3) is 0.375. The Bertz CT molecular complexity index is 1000. The molecule has 1 aromatic heterocycles. The van der Waals surface area contributed by atoms with E-state index in [1.807, 2.05) is 0 Å². The highest BCUT2D eigenvalue weighted by molar-refractivity contribution is 7.99. The number of aromatic amines is 1. The Kier molecular flexibility index (Phi) is 6.44. The number of amides is 1. The van der Waals surface area contributed by atoms with Gasteiger partial charge in [0.1, 0.15) is 5.69 Å². The standard InChI is InChI=1S/C16H19N5O5S2/c1-11-15(23)18-16(20-19-11)27-10-14(22)17-12-2-4-13(5-3-12)28(24,25)21-6-8-26-9-7-21/h2-5H,6-10H2,1H3,(H,17,22)(H,18,20,23). The van der Waals surface area contributed by atoms with Crippen molar-refractivity contribution >= 4 is 33.4 Å². The average molecular weight is 425 g/mol. The summed E-state index contributed by atoms with van der Waals surface area (Å²) in [4.78, 5) is 26.2. The van der Waals surface area contributed by atoms with Crippen molar-refractivity contribution in [3.8, 4) is 0 Å². The van der Waals surface area contributed by atoms with Gasteiger partial charge in [0.15, 0.2) is 5.16 Å². The van der Waals surface area contributed by atoms with Crippen LogP contribution in [-0.4, -0.2) is 65.9 Å². The maximum absolute atomic E-state index is 12.6. The zero-order valence-corrected chi connectivity index (χ0v) is 16.7. The zero-order valence-electron chi connectivity index (χ0n) is 15.0. The lowest BCUT2D eigenvalue weighted by molar-refractivity contribution is -0.113. The van der Waals surface area contributed by atoms with E-state index in [4.69, 9.17) is 4.74 Å². The van der Waals surface area contributed by atoms with Gasteiger partial charge < -0.3 is 10.1 Å². The monoisotopic (exact) mass is 425 g/mol. The number of benzene rings is 1. The van der Waals surface area contributed by atoms with Crippen LogP contribution in [0.15, 0.2) is 39.1 Å². The molecule has 0 saturated carbocycles. The van der Waals surface area contributed by atoms with E-state index in [-0.39, 0.29) is 33.0 Å². The summed E-state index contributed by atoms with van der Waals surface area (Å²) in [7, 11) is -3.57. The number of H-pyrrole nitrogens is 1. The van der Waals surface area contributed by atoms with Crippen LogP contribution in [-0.2, 0) is 19.6 Å². The minimum atomic E-state index is -3.57. The Labute approximate surface area is 165 Å². The van der Waals surface area contributed by atoms with Crippen molar-refractivity contribution in [2.45, 2.75) is 17.0 Å². The molecule has 0 unspecified atom stereocenters. The van der Waals surface area contributed by atoms with Crippen LogP contribution >= 0.6 is 11.8 Å². The van der Waals surface area contributed by atoms with Crippen LogP contribution in [0.1, 0.15) is 5.69 Å². The summed E-state index contributed by atoms with van der Waals surface area (Å²) in [6.45, 7) is 2.93. The molecule has 1 saturated heterocycles. The molecule has 0 atom stereocenters. The van der Waals surface area contributed by atoms with Crippen molar-refractivity contribution in [3.05, 3.63) is 40.3 Å². The van der Waals surface area contributed by atoms with Crippen molar-refractivity contribution in [2.75, 3.05) is 37.4 Å². The molecule has 150 valence electrons. The number of nitrogens with zero attached hydrogens (tertiary/aromatic N) is 3. The normalized spacial score (nSPS) is 15.3. The van der Waals surface area contributed by atoms with Crippen LogP contribution in [0.4, 0.5) is 5.69 Å². The molecule has 0 spiro atoms. The van der Waals surface area contributed by atoms with E-state index in [1.54, 1.807) is 0 Å². The number of rotatable bonds is 6. The number of carbonyl (C=O) groups excluding carboxylic acids is 1. The first-order valence-corrected chi connectivity index (χ1v) is 10.8. The number of nitrogens with one attached hydrogen (secondary N) is 2. The number of anilines is 1. The Morgan fingerprint density at radius 3 is 2.57 bits per heavy atom. The van der Waals surface area contributed by atoms with Gasteiger partial charge in [-0.05, 0) is 31.2 Å². The number of sulfonamides is 1. The summed E-state index contributed by atoms with van der Waals surface area (Å²) in [5.41, 5.74) is 0.367. The van der Waals surface area contributed by atoms with Gasteiger partial charge in [0.05, 0.1) is 23.9 Å². The molecule has 3 rings (SSSR count). The summed E-state index contributed by atoms with van der Waals surface area (Å²) in [6, 6.07) is 5.97. The molecule has 10 nitrogen and oxygen atoms in total. The minimum Gasteiger partial charge on any atom is -0.379 e. The van der Waals surface area contributed by atoms with Gasteiger partial charge in [-0.2, -0.15) is 4.31 Å². The summed E-state index contributed by atoms with van der Waals surface area (Å²) in [5, 5.41) is 10.4. The molecule has 28 heavy (non-hydrogen) atoms. The number of aryl methyl sites for hydroxylation is 1. The van der Waals surface area contributed by atoms with E-state index in [2.05, 4.69) is 20.5 Å². The van der Waals surface area contributed by atoms with E-state index in [0.717, 1.165) is 11.8 Å². The van der Waals surface area contributed by atoms with E-state index in [9.17, 15) is 18.0 Å². The van der Waals surface area contributed by atoms with Crippen LogP contribution in [0, 0.1) is 6.92 Å². The number of thioether (sulfide) groups is 1. The molecular formula is C16H19N5O5S2. The number of morpholine rings is 1. The Balaban J connectivity index is 1.58. The second kappa shape index (κ2) is 8.82. The highest BCUT2D eigenvalue weighted by Gasteiger charge is 2.26. The molecule has 0 radical (unpaired) electrons. The lowest BCUT2D eigenvalue weighted by atomic mass is 10.3. The van der Waals surface area contributed by atoms with Gasteiger partial charge in [0.2, 0.25) is 15.9 Å². The van der Waals surface area contributed by atoms with Crippen LogP contribution in [0.5, 0.6) is 0 Å². The molecule has 1 fully saturated rings. The van der Waals surface area contributed by atoms with Crippen LogP contribution < -0.4 is 10.9 Å².